The molecule has 0 radical (unpaired) electrons. The molecule has 0 saturated heterocycles. The van der Waals surface area contributed by atoms with Crippen LogP contribution in [-0.2, 0) is 6.42 Å². The molecule has 0 amide bonds. The number of allylic oxidation sites excluding steroid dienone is 2. The molecule has 82 valence electrons. The van der Waals surface area contributed by atoms with Gasteiger partial charge in [-0.2, -0.15) is 0 Å². The first-order valence-electron chi connectivity index (χ1n) is 4.79. The van der Waals surface area contributed by atoms with Crippen LogP contribution >= 0.6 is 39.1 Å². The van der Waals surface area contributed by atoms with Gasteiger partial charge in [0.05, 0.1) is 0 Å². The maximum atomic E-state index is 6.08. The van der Waals surface area contributed by atoms with Crippen molar-refractivity contribution in [1.82, 2.24) is 0 Å². The summed E-state index contributed by atoms with van der Waals surface area (Å²) in [7, 11) is 0. The topological polar surface area (TPSA) is 0 Å². The van der Waals surface area contributed by atoms with Crippen molar-refractivity contribution in [2.24, 2.45) is 0 Å². The molecule has 0 aromatic heterocycles. The zero-order valence-electron chi connectivity index (χ0n) is 8.56. The van der Waals surface area contributed by atoms with E-state index in [9.17, 15) is 0 Å². The summed E-state index contributed by atoms with van der Waals surface area (Å²) < 4.78 is 0. The Morgan fingerprint density at radius 2 is 2.13 bits per heavy atom. The van der Waals surface area contributed by atoms with E-state index in [4.69, 9.17) is 23.2 Å². The summed E-state index contributed by atoms with van der Waals surface area (Å²) in [6, 6.07) is 5.58. The van der Waals surface area contributed by atoms with Crippen molar-refractivity contribution in [3.8, 4) is 0 Å². The van der Waals surface area contributed by atoms with Gasteiger partial charge < -0.3 is 0 Å². The molecule has 15 heavy (non-hydrogen) atoms. The molecule has 0 N–H and O–H groups in total. The second-order valence-corrected chi connectivity index (χ2v) is 5.08. The van der Waals surface area contributed by atoms with Crippen molar-refractivity contribution in [1.29, 1.82) is 0 Å². The summed E-state index contributed by atoms with van der Waals surface area (Å²) in [6.45, 7) is 2.11. The van der Waals surface area contributed by atoms with E-state index in [-0.39, 0.29) is 0 Å². The summed E-state index contributed by atoms with van der Waals surface area (Å²) in [5, 5.41) is 2.52. The second kappa shape index (κ2) is 6.57. The lowest BCUT2D eigenvalue weighted by Gasteiger charge is -2.05. The lowest BCUT2D eigenvalue weighted by molar-refractivity contribution is 1.10. The van der Waals surface area contributed by atoms with E-state index in [1.54, 1.807) is 0 Å². The molecule has 0 heterocycles. The maximum absolute atomic E-state index is 6.08. The average molecular weight is 308 g/mol. The van der Waals surface area contributed by atoms with Crippen LogP contribution in [0.1, 0.15) is 18.9 Å². The third-order valence-corrected chi connectivity index (χ3v) is 3.14. The number of hydrogen-bond donors (Lipinski definition) is 0. The fourth-order valence-electron chi connectivity index (χ4n) is 1.35. The van der Waals surface area contributed by atoms with E-state index in [1.165, 1.54) is 5.57 Å². The van der Waals surface area contributed by atoms with E-state index in [0.717, 1.165) is 33.8 Å². The highest BCUT2D eigenvalue weighted by Crippen LogP contribution is 2.23. The number of benzene rings is 1. The van der Waals surface area contributed by atoms with Gasteiger partial charge in [0.2, 0.25) is 0 Å². The Hall–Kier alpha value is 0.0200. The predicted molar refractivity (Wildman–Crippen MR) is 72.3 cm³/mol. The van der Waals surface area contributed by atoms with Crippen LogP contribution in [0.3, 0.4) is 0 Å². The van der Waals surface area contributed by atoms with Gasteiger partial charge in [-0.25, -0.2) is 0 Å². The number of hydrogen-bond acceptors (Lipinski definition) is 0. The van der Waals surface area contributed by atoms with E-state index in [2.05, 4.69) is 28.9 Å². The predicted octanol–water partition coefficient (Wildman–Crippen LogP) is 5.27. The molecule has 1 aromatic carbocycles. The van der Waals surface area contributed by atoms with Crippen molar-refractivity contribution in [2.75, 3.05) is 5.33 Å². The van der Waals surface area contributed by atoms with E-state index >= 15 is 0 Å². The third-order valence-electron chi connectivity index (χ3n) is 2.08. The van der Waals surface area contributed by atoms with Crippen LogP contribution in [0.5, 0.6) is 0 Å². The molecule has 3 heteroatoms. The Morgan fingerprint density at radius 3 is 2.80 bits per heavy atom. The van der Waals surface area contributed by atoms with Gasteiger partial charge in [0.1, 0.15) is 0 Å². The Morgan fingerprint density at radius 1 is 1.40 bits per heavy atom. The van der Waals surface area contributed by atoms with Crippen LogP contribution in [0.2, 0.25) is 10.0 Å². The molecule has 1 rings (SSSR count). The van der Waals surface area contributed by atoms with Crippen molar-refractivity contribution in [2.45, 2.75) is 19.8 Å². The van der Waals surface area contributed by atoms with Crippen molar-refractivity contribution in [3.63, 3.8) is 0 Å². The lowest BCUT2D eigenvalue weighted by Crippen LogP contribution is -1.89. The molecular formula is C12H13BrCl2. The molecular weight excluding hydrogens is 295 g/mol. The quantitative estimate of drug-likeness (QED) is 0.525. The van der Waals surface area contributed by atoms with Crippen molar-refractivity contribution < 1.29 is 0 Å². The zero-order chi connectivity index (χ0) is 11.3. The summed E-state index contributed by atoms with van der Waals surface area (Å²) in [5.41, 5.74) is 2.41. The molecule has 0 nitrogen and oxygen atoms in total. The molecule has 0 aliphatic heterocycles. The van der Waals surface area contributed by atoms with E-state index < -0.39 is 0 Å². The highest BCUT2D eigenvalue weighted by Gasteiger charge is 2.01. The normalized spacial score (nSPS) is 11.9. The first-order valence-corrected chi connectivity index (χ1v) is 6.66. The number of alkyl halides is 1. The minimum atomic E-state index is 0.739. The smallest absolute Gasteiger partial charge is 0.0442 e. The summed E-state index contributed by atoms with van der Waals surface area (Å²) in [6.07, 6.45) is 4.13. The van der Waals surface area contributed by atoms with Crippen LogP contribution in [-0.4, -0.2) is 5.33 Å². The number of rotatable bonds is 4. The first-order chi connectivity index (χ1) is 7.13. The Bertz CT molecular complexity index is 359. The van der Waals surface area contributed by atoms with Gasteiger partial charge in [-0.1, -0.05) is 50.8 Å². The standard InChI is InChI=1S/C12H13BrCl2/c1-9(3-2-6-13)7-10-8-11(14)4-5-12(10)15/h3-5,8H,2,6-7H2,1H3. The fourth-order valence-corrected chi connectivity index (χ4v) is 1.96. The SMILES string of the molecule is CC(=CCCBr)Cc1cc(Cl)ccc1Cl. The summed E-state index contributed by atoms with van der Waals surface area (Å²) >= 11 is 15.4. The minimum Gasteiger partial charge on any atom is -0.0925 e. The second-order valence-electron chi connectivity index (χ2n) is 3.44. The highest BCUT2D eigenvalue weighted by atomic mass is 79.9. The molecule has 0 spiro atoms. The van der Waals surface area contributed by atoms with Crippen LogP contribution < -0.4 is 0 Å². The van der Waals surface area contributed by atoms with Gasteiger partial charge in [0.25, 0.3) is 0 Å². The van der Waals surface area contributed by atoms with Crippen LogP contribution in [0.25, 0.3) is 0 Å². The molecule has 0 aliphatic carbocycles. The van der Waals surface area contributed by atoms with Crippen LogP contribution in [0, 0.1) is 0 Å². The van der Waals surface area contributed by atoms with Gasteiger partial charge in [-0.15, -0.1) is 0 Å². The van der Waals surface area contributed by atoms with Gasteiger partial charge in [-0.05, 0) is 43.5 Å². The average Bonchev–Trinajstić information content (AvgIpc) is 2.20. The third kappa shape index (κ3) is 4.58. The van der Waals surface area contributed by atoms with Gasteiger partial charge in [0, 0.05) is 15.4 Å². The fraction of sp³-hybridized carbons (Fsp3) is 0.333. The van der Waals surface area contributed by atoms with Crippen LogP contribution in [0.4, 0.5) is 0 Å². The van der Waals surface area contributed by atoms with E-state index in [1.807, 2.05) is 18.2 Å². The molecule has 0 atom stereocenters. The zero-order valence-corrected chi connectivity index (χ0v) is 11.7. The van der Waals surface area contributed by atoms with Crippen molar-refractivity contribution in [3.05, 3.63) is 45.5 Å². The summed E-state index contributed by atoms with van der Waals surface area (Å²) in [5.74, 6) is 0. The van der Waals surface area contributed by atoms with Gasteiger partial charge in [-0.3, -0.25) is 0 Å². The number of halogens is 3. The maximum Gasteiger partial charge on any atom is 0.0442 e. The van der Waals surface area contributed by atoms with E-state index in [0.29, 0.717) is 0 Å². The molecule has 0 fully saturated rings. The molecule has 0 aliphatic rings. The Kier molecular flexibility index (Phi) is 5.73. The monoisotopic (exact) mass is 306 g/mol. The summed E-state index contributed by atoms with van der Waals surface area (Å²) in [4.78, 5) is 0. The Labute approximate surface area is 109 Å². The molecule has 0 bridgehead atoms. The Balaban J connectivity index is 2.75. The van der Waals surface area contributed by atoms with Gasteiger partial charge in [0.15, 0.2) is 0 Å². The molecule has 0 unspecified atom stereocenters. The largest absolute Gasteiger partial charge is 0.0925 e. The molecule has 0 saturated carbocycles. The highest BCUT2D eigenvalue weighted by molar-refractivity contribution is 9.09. The van der Waals surface area contributed by atoms with Crippen LogP contribution in [0.15, 0.2) is 29.8 Å². The first kappa shape index (κ1) is 13.1. The molecule has 1 aromatic rings. The minimum absolute atomic E-state index is 0.739. The lowest BCUT2D eigenvalue weighted by atomic mass is 10.1. The van der Waals surface area contributed by atoms with Gasteiger partial charge >= 0.3 is 0 Å². The van der Waals surface area contributed by atoms with Crippen molar-refractivity contribution >= 4 is 39.1 Å².